The van der Waals surface area contributed by atoms with Gasteiger partial charge < -0.3 is 10.1 Å². The molecule has 1 saturated carbocycles. The first kappa shape index (κ1) is 13.0. The molecule has 18 heavy (non-hydrogen) atoms. The largest absolute Gasteiger partial charge is 0.379 e. The second-order valence-corrected chi connectivity index (χ2v) is 4.72. The molecule has 1 aliphatic rings. The summed E-state index contributed by atoms with van der Waals surface area (Å²) in [5, 5.41) is 2.86. The van der Waals surface area contributed by atoms with Crippen molar-refractivity contribution in [3.05, 3.63) is 35.1 Å². The summed E-state index contributed by atoms with van der Waals surface area (Å²) >= 11 is 0. The minimum atomic E-state index is -0.443. The predicted octanol–water partition coefficient (Wildman–Crippen LogP) is 2.43. The van der Waals surface area contributed by atoms with Gasteiger partial charge in [-0.2, -0.15) is 0 Å². The van der Waals surface area contributed by atoms with Crippen molar-refractivity contribution in [2.24, 2.45) is 0 Å². The van der Waals surface area contributed by atoms with Gasteiger partial charge >= 0.3 is 0 Å². The fraction of sp³-hybridized carbons (Fsp3) is 0.500. The first-order valence-corrected chi connectivity index (χ1v) is 6.22. The van der Waals surface area contributed by atoms with E-state index >= 15 is 0 Å². The number of aryl methyl sites for hydroxylation is 1. The van der Waals surface area contributed by atoms with Crippen LogP contribution in [0.5, 0.6) is 0 Å². The molecule has 1 N–H and O–H groups in total. The van der Waals surface area contributed by atoms with Gasteiger partial charge in [-0.15, -0.1) is 0 Å². The van der Waals surface area contributed by atoms with E-state index in [1.54, 1.807) is 26.2 Å². The first-order valence-electron chi connectivity index (χ1n) is 6.22. The molecule has 1 aromatic rings. The van der Waals surface area contributed by atoms with E-state index in [0.717, 1.165) is 19.3 Å². The average Bonchev–Trinajstić information content (AvgIpc) is 2.79. The van der Waals surface area contributed by atoms with Crippen LogP contribution in [0.25, 0.3) is 0 Å². The Morgan fingerprint density at radius 2 is 2.22 bits per heavy atom. The van der Waals surface area contributed by atoms with Gasteiger partial charge in [-0.05, 0) is 37.8 Å². The minimum Gasteiger partial charge on any atom is -0.379 e. The molecule has 0 heterocycles. The van der Waals surface area contributed by atoms with Gasteiger partial charge in [-0.1, -0.05) is 12.1 Å². The van der Waals surface area contributed by atoms with Gasteiger partial charge in [-0.25, -0.2) is 4.39 Å². The smallest absolute Gasteiger partial charge is 0.254 e. The van der Waals surface area contributed by atoms with Crippen molar-refractivity contribution in [2.75, 3.05) is 7.11 Å². The molecule has 0 aliphatic heterocycles. The van der Waals surface area contributed by atoms with Crippen molar-refractivity contribution in [2.45, 2.75) is 38.3 Å². The summed E-state index contributed by atoms with van der Waals surface area (Å²) in [4.78, 5) is 12.0. The molecule has 2 rings (SSSR count). The number of carbonyl (C=O) groups excluding carboxylic acids is 1. The number of hydrogen-bond donors (Lipinski definition) is 1. The highest BCUT2D eigenvalue weighted by atomic mass is 19.1. The number of ether oxygens (including phenoxy) is 1. The Balaban J connectivity index is 2.10. The third-order valence-electron chi connectivity index (χ3n) is 3.51. The van der Waals surface area contributed by atoms with Crippen molar-refractivity contribution in [1.29, 1.82) is 0 Å². The van der Waals surface area contributed by atoms with Gasteiger partial charge in [0.15, 0.2) is 0 Å². The Morgan fingerprint density at radius 3 is 2.94 bits per heavy atom. The topological polar surface area (TPSA) is 38.3 Å². The Kier molecular flexibility index (Phi) is 3.97. The zero-order valence-electron chi connectivity index (χ0n) is 10.7. The van der Waals surface area contributed by atoms with E-state index in [1.165, 1.54) is 6.07 Å². The molecule has 1 aromatic carbocycles. The maximum absolute atomic E-state index is 13.8. The Bertz CT molecular complexity index is 447. The van der Waals surface area contributed by atoms with Crippen LogP contribution in [0.1, 0.15) is 35.2 Å². The standard InChI is InChI=1S/C14H18FNO2/c1-9-5-3-6-10(13(9)15)14(17)16-11-7-4-8-12(11)18-2/h3,5-6,11-12H,4,7-8H2,1-2H3,(H,16,17). The third-order valence-corrected chi connectivity index (χ3v) is 3.51. The van der Waals surface area contributed by atoms with Gasteiger partial charge in [0, 0.05) is 7.11 Å². The van der Waals surface area contributed by atoms with E-state index in [1.807, 2.05) is 0 Å². The van der Waals surface area contributed by atoms with Crippen molar-refractivity contribution in [3.8, 4) is 0 Å². The van der Waals surface area contributed by atoms with E-state index in [4.69, 9.17) is 4.74 Å². The summed E-state index contributed by atoms with van der Waals surface area (Å²) in [6.45, 7) is 1.65. The summed E-state index contributed by atoms with van der Waals surface area (Å²) in [6, 6.07) is 4.84. The van der Waals surface area contributed by atoms with Crippen molar-refractivity contribution in [3.63, 3.8) is 0 Å². The van der Waals surface area contributed by atoms with Crippen LogP contribution in [-0.2, 0) is 4.74 Å². The molecule has 98 valence electrons. The summed E-state index contributed by atoms with van der Waals surface area (Å²) in [7, 11) is 1.64. The number of halogens is 1. The molecule has 2 unspecified atom stereocenters. The average molecular weight is 251 g/mol. The lowest BCUT2D eigenvalue weighted by Crippen LogP contribution is -2.41. The van der Waals surface area contributed by atoms with Crippen LogP contribution < -0.4 is 5.32 Å². The predicted molar refractivity (Wildman–Crippen MR) is 67.0 cm³/mol. The number of benzene rings is 1. The van der Waals surface area contributed by atoms with E-state index in [9.17, 15) is 9.18 Å². The van der Waals surface area contributed by atoms with Crippen LogP contribution >= 0.6 is 0 Å². The van der Waals surface area contributed by atoms with Crippen LogP contribution in [0.15, 0.2) is 18.2 Å². The second kappa shape index (κ2) is 5.48. The van der Waals surface area contributed by atoms with E-state index in [0.29, 0.717) is 5.56 Å². The Hall–Kier alpha value is -1.42. The fourth-order valence-corrected chi connectivity index (χ4v) is 2.44. The maximum Gasteiger partial charge on any atom is 0.254 e. The fourth-order valence-electron chi connectivity index (χ4n) is 2.44. The highest BCUT2D eigenvalue weighted by molar-refractivity contribution is 5.94. The van der Waals surface area contributed by atoms with Crippen LogP contribution in [0, 0.1) is 12.7 Å². The number of carbonyl (C=O) groups is 1. The summed E-state index contributed by atoms with van der Waals surface area (Å²) in [5.41, 5.74) is 0.592. The van der Waals surface area contributed by atoms with Crippen molar-refractivity contribution in [1.82, 2.24) is 5.32 Å². The zero-order valence-corrected chi connectivity index (χ0v) is 10.7. The maximum atomic E-state index is 13.8. The lowest BCUT2D eigenvalue weighted by molar-refractivity contribution is 0.0720. The molecule has 0 saturated heterocycles. The monoisotopic (exact) mass is 251 g/mol. The van der Waals surface area contributed by atoms with E-state index in [2.05, 4.69) is 5.32 Å². The van der Waals surface area contributed by atoms with Crippen LogP contribution in [0.3, 0.4) is 0 Å². The quantitative estimate of drug-likeness (QED) is 0.896. The summed E-state index contributed by atoms with van der Waals surface area (Å²) in [5.74, 6) is -0.799. The molecule has 1 aliphatic carbocycles. The van der Waals surface area contributed by atoms with Crippen LogP contribution in [0.2, 0.25) is 0 Å². The number of methoxy groups -OCH3 is 1. The molecule has 0 radical (unpaired) electrons. The summed E-state index contributed by atoms with van der Waals surface area (Å²) in [6.07, 6.45) is 2.90. The Morgan fingerprint density at radius 1 is 1.44 bits per heavy atom. The van der Waals surface area contributed by atoms with Gasteiger partial charge in [0.05, 0.1) is 17.7 Å². The highest BCUT2D eigenvalue weighted by Crippen LogP contribution is 2.22. The van der Waals surface area contributed by atoms with Crippen LogP contribution in [-0.4, -0.2) is 25.2 Å². The lowest BCUT2D eigenvalue weighted by Gasteiger charge is -2.19. The first-order chi connectivity index (χ1) is 8.63. The molecule has 0 spiro atoms. The van der Waals surface area contributed by atoms with Gasteiger partial charge in [0.1, 0.15) is 5.82 Å². The van der Waals surface area contributed by atoms with Gasteiger partial charge in [-0.3, -0.25) is 4.79 Å². The number of amides is 1. The van der Waals surface area contributed by atoms with Gasteiger partial charge in [0.25, 0.3) is 5.91 Å². The molecule has 0 aromatic heterocycles. The lowest BCUT2D eigenvalue weighted by atomic mass is 10.1. The van der Waals surface area contributed by atoms with Crippen LogP contribution in [0.4, 0.5) is 4.39 Å². The molecular formula is C14H18FNO2. The minimum absolute atomic E-state index is 0.0117. The SMILES string of the molecule is COC1CCCC1NC(=O)c1cccc(C)c1F. The van der Waals surface area contributed by atoms with Crippen molar-refractivity contribution >= 4 is 5.91 Å². The normalized spacial score (nSPS) is 23.1. The summed E-state index contributed by atoms with van der Waals surface area (Å²) < 4.78 is 19.1. The van der Waals surface area contributed by atoms with Crippen molar-refractivity contribution < 1.29 is 13.9 Å². The third kappa shape index (κ3) is 2.53. The molecule has 1 fully saturated rings. The second-order valence-electron chi connectivity index (χ2n) is 4.72. The van der Waals surface area contributed by atoms with Gasteiger partial charge in [0.2, 0.25) is 0 Å². The van der Waals surface area contributed by atoms with E-state index in [-0.39, 0.29) is 23.6 Å². The Labute approximate surface area is 106 Å². The highest BCUT2D eigenvalue weighted by Gasteiger charge is 2.29. The molecule has 2 atom stereocenters. The molecule has 4 heteroatoms. The molecular weight excluding hydrogens is 233 g/mol. The zero-order chi connectivity index (χ0) is 13.1. The molecule has 1 amide bonds. The number of rotatable bonds is 3. The molecule has 0 bridgehead atoms. The van der Waals surface area contributed by atoms with E-state index < -0.39 is 5.82 Å². The molecule has 3 nitrogen and oxygen atoms in total. The number of hydrogen-bond acceptors (Lipinski definition) is 2. The number of nitrogens with one attached hydrogen (secondary N) is 1.